The average molecular weight is 286 g/mol. The Bertz CT molecular complexity index is 361. The molecule has 0 heterocycles. The minimum atomic E-state index is -0.141. The molecule has 0 saturated carbocycles. The molecule has 0 aromatic heterocycles. The molecule has 1 aromatic carbocycles. The lowest BCUT2D eigenvalue weighted by atomic mass is 10.1. The van der Waals surface area contributed by atoms with E-state index in [-0.39, 0.29) is 11.6 Å². The molecule has 2 N–H and O–H groups in total. The highest BCUT2D eigenvalue weighted by molar-refractivity contribution is 9.10. The van der Waals surface area contributed by atoms with Crippen molar-refractivity contribution in [2.24, 2.45) is 5.73 Å². The second-order valence-corrected chi connectivity index (χ2v) is 5.55. The molecule has 1 aromatic rings. The Balaban J connectivity index is 2.91. The van der Waals surface area contributed by atoms with E-state index >= 15 is 0 Å². The molecule has 0 aliphatic carbocycles. The quantitative estimate of drug-likeness (QED) is 0.906. The molecule has 0 aliphatic heterocycles. The van der Waals surface area contributed by atoms with Gasteiger partial charge in [-0.2, -0.15) is 0 Å². The molecule has 2 nitrogen and oxygen atoms in total. The largest absolute Gasteiger partial charge is 0.487 e. The molecule has 0 amide bonds. The van der Waals surface area contributed by atoms with E-state index in [2.05, 4.69) is 36.7 Å². The molecular weight excluding hydrogens is 266 g/mol. The molecule has 0 fully saturated rings. The number of halogens is 1. The third-order valence-corrected chi connectivity index (χ3v) is 3.34. The van der Waals surface area contributed by atoms with Crippen LogP contribution >= 0.6 is 15.9 Å². The summed E-state index contributed by atoms with van der Waals surface area (Å²) >= 11 is 3.52. The van der Waals surface area contributed by atoms with Crippen molar-refractivity contribution in [2.75, 3.05) is 0 Å². The van der Waals surface area contributed by atoms with Crippen LogP contribution in [-0.4, -0.2) is 5.60 Å². The van der Waals surface area contributed by atoms with Gasteiger partial charge in [-0.25, -0.2) is 0 Å². The van der Waals surface area contributed by atoms with Gasteiger partial charge in [0.25, 0.3) is 0 Å². The fraction of sp³-hybridized carbons (Fsp3) is 0.538. The summed E-state index contributed by atoms with van der Waals surface area (Å²) in [6.07, 6.45) is 0.967. The SMILES string of the molecule is CCC(C)(C)Oc1ccc([C@@H](C)N)cc1Br. The fourth-order valence-corrected chi connectivity index (χ4v) is 1.73. The van der Waals surface area contributed by atoms with Crippen LogP contribution in [0.25, 0.3) is 0 Å². The lowest BCUT2D eigenvalue weighted by Crippen LogP contribution is -2.27. The minimum absolute atomic E-state index is 0.0459. The van der Waals surface area contributed by atoms with Crippen LogP contribution in [0.15, 0.2) is 22.7 Å². The zero-order chi connectivity index (χ0) is 12.3. The molecule has 0 radical (unpaired) electrons. The van der Waals surface area contributed by atoms with Crippen LogP contribution in [0, 0.1) is 0 Å². The smallest absolute Gasteiger partial charge is 0.134 e. The van der Waals surface area contributed by atoms with Gasteiger partial charge in [-0.05, 0) is 60.8 Å². The average Bonchev–Trinajstić information content (AvgIpc) is 2.20. The van der Waals surface area contributed by atoms with Gasteiger partial charge in [0.1, 0.15) is 11.4 Å². The first-order chi connectivity index (χ1) is 7.35. The first-order valence-electron chi connectivity index (χ1n) is 5.60. The Morgan fingerprint density at radius 2 is 2.06 bits per heavy atom. The summed E-state index contributed by atoms with van der Waals surface area (Å²) in [6, 6.07) is 6.05. The van der Waals surface area contributed by atoms with Gasteiger partial charge in [-0.3, -0.25) is 0 Å². The fourth-order valence-electron chi connectivity index (χ4n) is 1.25. The number of benzene rings is 1. The summed E-state index contributed by atoms with van der Waals surface area (Å²) in [6.45, 7) is 8.25. The molecule has 90 valence electrons. The van der Waals surface area contributed by atoms with Crippen LogP contribution in [0.3, 0.4) is 0 Å². The standard InChI is InChI=1S/C13H20BrNO/c1-5-13(3,4)16-12-7-6-10(9(2)15)8-11(12)14/h6-9H,5,15H2,1-4H3/t9-/m1/s1. The molecule has 0 unspecified atom stereocenters. The molecule has 0 bridgehead atoms. The van der Waals surface area contributed by atoms with Crippen molar-refractivity contribution >= 4 is 15.9 Å². The van der Waals surface area contributed by atoms with E-state index in [1.54, 1.807) is 0 Å². The summed E-state index contributed by atoms with van der Waals surface area (Å²) in [5, 5.41) is 0. The van der Waals surface area contributed by atoms with Crippen molar-refractivity contribution in [3.05, 3.63) is 28.2 Å². The number of hydrogen-bond donors (Lipinski definition) is 1. The second kappa shape index (κ2) is 5.19. The van der Waals surface area contributed by atoms with E-state index in [0.29, 0.717) is 0 Å². The van der Waals surface area contributed by atoms with Gasteiger partial charge in [0.2, 0.25) is 0 Å². The molecule has 3 heteroatoms. The van der Waals surface area contributed by atoms with Crippen LogP contribution < -0.4 is 10.5 Å². The predicted molar refractivity (Wildman–Crippen MR) is 71.7 cm³/mol. The second-order valence-electron chi connectivity index (χ2n) is 4.69. The Hall–Kier alpha value is -0.540. The van der Waals surface area contributed by atoms with Crippen LogP contribution in [0.4, 0.5) is 0 Å². The first-order valence-corrected chi connectivity index (χ1v) is 6.39. The Morgan fingerprint density at radius 1 is 1.44 bits per heavy atom. The summed E-state index contributed by atoms with van der Waals surface area (Å²) in [4.78, 5) is 0. The maximum absolute atomic E-state index is 5.93. The van der Waals surface area contributed by atoms with Gasteiger partial charge < -0.3 is 10.5 Å². The molecular formula is C13H20BrNO. The van der Waals surface area contributed by atoms with E-state index in [1.807, 2.05) is 25.1 Å². The highest BCUT2D eigenvalue weighted by Gasteiger charge is 2.18. The molecule has 0 saturated heterocycles. The Labute approximate surface area is 106 Å². The molecule has 1 atom stereocenters. The maximum atomic E-state index is 5.93. The number of rotatable bonds is 4. The minimum Gasteiger partial charge on any atom is -0.487 e. The van der Waals surface area contributed by atoms with Crippen molar-refractivity contribution < 1.29 is 4.74 Å². The highest BCUT2D eigenvalue weighted by atomic mass is 79.9. The Morgan fingerprint density at radius 3 is 2.50 bits per heavy atom. The van der Waals surface area contributed by atoms with Crippen molar-refractivity contribution in [1.29, 1.82) is 0 Å². The van der Waals surface area contributed by atoms with E-state index in [9.17, 15) is 0 Å². The van der Waals surface area contributed by atoms with Crippen LogP contribution in [0.5, 0.6) is 5.75 Å². The van der Waals surface area contributed by atoms with Gasteiger partial charge >= 0.3 is 0 Å². The number of ether oxygens (including phenoxy) is 1. The first kappa shape index (κ1) is 13.5. The molecule has 0 aliphatic rings. The Kier molecular flexibility index (Phi) is 4.39. The van der Waals surface area contributed by atoms with Gasteiger partial charge in [0, 0.05) is 6.04 Å². The van der Waals surface area contributed by atoms with Gasteiger partial charge in [-0.15, -0.1) is 0 Å². The van der Waals surface area contributed by atoms with E-state index in [4.69, 9.17) is 10.5 Å². The van der Waals surface area contributed by atoms with E-state index < -0.39 is 0 Å². The molecule has 16 heavy (non-hydrogen) atoms. The number of hydrogen-bond acceptors (Lipinski definition) is 2. The van der Waals surface area contributed by atoms with Crippen molar-refractivity contribution in [2.45, 2.75) is 45.8 Å². The topological polar surface area (TPSA) is 35.2 Å². The van der Waals surface area contributed by atoms with Crippen LogP contribution in [0.1, 0.15) is 45.7 Å². The van der Waals surface area contributed by atoms with Crippen LogP contribution in [0.2, 0.25) is 0 Å². The monoisotopic (exact) mass is 285 g/mol. The van der Waals surface area contributed by atoms with Gasteiger partial charge in [0.15, 0.2) is 0 Å². The summed E-state index contributed by atoms with van der Waals surface area (Å²) in [5.74, 6) is 0.872. The van der Waals surface area contributed by atoms with Crippen LogP contribution in [-0.2, 0) is 0 Å². The van der Waals surface area contributed by atoms with Crippen molar-refractivity contribution in [3.63, 3.8) is 0 Å². The molecule has 1 rings (SSSR count). The third kappa shape index (κ3) is 3.49. The lowest BCUT2D eigenvalue weighted by Gasteiger charge is -2.25. The van der Waals surface area contributed by atoms with Gasteiger partial charge in [-0.1, -0.05) is 13.0 Å². The van der Waals surface area contributed by atoms with Gasteiger partial charge in [0.05, 0.1) is 4.47 Å². The number of nitrogens with two attached hydrogens (primary N) is 1. The van der Waals surface area contributed by atoms with Crippen molar-refractivity contribution in [1.82, 2.24) is 0 Å². The summed E-state index contributed by atoms with van der Waals surface area (Å²) in [7, 11) is 0. The third-order valence-electron chi connectivity index (χ3n) is 2.72. The maximum Gasteiger partial charge on any atom is 0.134 e. The highest BCUT2D eigenvalue weighted by Crippen LogP contribution is 2.31. The lowest BCUT2D eigenvalue weighted by molar-refractivity contribution is 0.104. The van der Waals surface area contributed by atoms with E-state index in [0.717, 1.165) is 22.2 Å². The zero-order valence-electron chi connectivity index (χ0n) is 10.4. The summed E-state index contributed by atoms with van der Waals surface area (Å²) < 4.78 is 6.89. The van der Waals surface area contributed by atoms with Crippen molar-refractivity contribution in [3.8, 4) is 5.75 Å². The summed E-state index contributed by atoms with van der Waals surface area (Å²) in [5.41, 5.74) is 6.79. The zero-order valence-corrected chi connectivity index (χ0v) is 12.0. The molecule has 0 spiro atoms. The van der Waals surface area contributed by atoms with E-state index in [1.165, 1.54) is 0 Å². The normalized spacial score (nSPS) is 13.6. The predicted octanol–water partition coefficient (Wildman–Crippen LogP) is 4.04.